The molecule has 2 aromatic heterocycles. The number of benzene rings is 2. The molecule has 0 bridgehead atoms. The molecule has 0 amide bonds. The molecule has 0 saturated heterocycles. The van der Waals surface area contributed by atoms with Crippen molar-refractivity contribution in [3.63, 3.8) is 0 Å². The number of aryl methyl sites for hydroxylation is 2. The van der Waals surface area contributed by atoms with Gasteiger partial charge in [0.15, 0.2) is 0 Å². The Hall–Kier alpha value is -3.34. The number of hydrogen-bond donors (Lipinski definition) is 0. The largest absolute Gasteiger partial charge is 0.464 e. The van der Waals surface area contributed by atoms with Crippen molar-refractivity contribution in [3.05, 3.63) is 81.4 Å². The molecule has 2 heterocycles. The first kappa shape index (κ1) is 17.1. The minimum absolute atomic E-state index is 0.0128. The highest BCUT2D eigenvalue weighted by Crippen LogP contribution is 2.23. The van der Waals surface area contributed by atoms with Crippen LogP contribution >= 0.6 is 0 Å². The Balaban J connectivity index is 1.52. The fourth-order valence-electron chi connectivity index (χ4n) is 3.15. The number of hydrogen-bond acceptors (Lipinski definition) is 5. The number of furan rings is 1. The maximum atomic E-state index is 12.3. The van der Waals surface area contributed by atoms with E-state index in [0.717, 1.165) is 33.0 Å². The second-order valence-electron chi connectivity index (χ2n) is 6.69. The maximum Gasteiger partial charge on any atom is 0.336 e. The van der Waals surface area contributed by atoms with E-state index in [2.05, 4.69) is 0 Å². The van der Waals surface area contributed by atoms with Crippen molar-refractivity contribution in [3.8, 4) is 0 Å². The van der Waals surface area contributed by atoms with Crippen LogP contribution < -0.4 is 5.63 Å². The molecule has 0 unspecified atom stereocenters. The number of carbonyl (C=O) groups excluding carboxylic acids is 1. The van der Waals surface area contributed by atoms with Crippen LogP contribution in [-0.4, -0.2) is 5.97 Å². The monoisotopic (exact) mass is 362 g/mol. The number of carbonyl (C=O) groups is 1. The van der Waals surface area contributed by atoms with Crippen LogP contribution in [0.3, 0.4) is 0 Å². The van der Waals surface area contributed by atoms with Gasteiger partial charge >= 0.3 is 11.6 Å². The summed E-state index contributed by atoms with van der Waals surface area (Å²) in [6, 6.07) is 12.8. The summed E-state index contributed by atoms with van der Waals surface area (Å²) in [6.45, 7) is 3.92. The standard InChI is InChI=1S/C22H18O5/c1-13-3-5-17-15(11-25-19(17)7-13)9-21(23)26-12-16-10-22(24)27-20-8-14(2)4-6-18(16)20/h3-8,10-11H,9,12H2,1-2H3. The van der Waals surface area contributed by atoms with Gasteiger partial charge in [0, 0.05) is 28.0 Å². The van der Waals surface area contributed by atoms with E-state index in [1.807, 2.05) is 44.2 Å². The predicted octanol–water partition coefficient (Wildman–Crippen LogP) is 4.44. The van der Waals surface area contributed by atoms with Crippen molar-refractivity contribution in [2.24, 2.45) is 0 Å². The minimum Gasteiger partial charge on any atom is -0.464 e. The third-order valence-corrected chi connectivity index (χ3v) is 4.52. The van der Waals surface area contributed by atoms with Gasteiger partial charge in [-0.1, -0.05) is 24.3 Å². The van der Waals surface area contributed by atoms with Crippen molar-refractivity contribution < 1.29 is 18.4 Å². The fourth-order valence-corrected chi connectivity index (χ4v) is 3.15. The van der Waals surface area contributed by atoms with E-state index < -0.39 is 5.63 Å². The van der Waals surface area contributed by atoms with Gasteiger partial charge in [0.25, 0.3) is 0 Å². The Morgan fingerprint density at radius 2 is 1.59 bits per heavy atom. The molecule has 0 aliphatic rings. The van der Waals surface area contributed by atoms with Crippen molar-refractivity contribution in [2.45, 2.75) is 26.9 Å². The van der Waals surface area contributed by atoms with Crippen molar-refractivity contribution in [1.29, 1.82) is 0 Å². The summed E-state index contributed by atoms with van der Waals surface area (Å²) >= 11 is 0. The molecule has 5 heteroatoms. The first-order chi connectivity index (χ1) is 13.0. The Bertz CT molecular complexity index is 1210. The maximum absolute atomic E-state index is 12.3. The Morgan fingerprint density at radius 1 is 0.926 bits per heavy atom. The normalized spacial score (nSPS) is 11.2. The number of ether oxygens (including phenoxy) is 1. The fraction of sp³-hybridized carbons (Fsp3) is 0.182. The van der Waals surface area contributed by atoms with Gasteiger partial charge in [-0.05, 0) is 37.1 Å². The molecular formula is C22H18O5. The predicted molar refractivity (Wildman–Crippen MR) is 102 cm³/mol. The summed E-state index contributed by atoms with van der Waals surface area (Å²) in [4.78, 5) is 24.1. The van der Waals surface area contributed by atoms with Gasteiger partial charge in [-0.25, -0.2) is 4.79 Å². The second-order valence-corrected chi connectivity index (χ2v) is 6.69. The molecule has 0 atom stereocenters. The van der Waals surface area contributed by atoms with E-state index >= 15 is 0 Å². The summed E-state index contributed by atoms with van der Waals surface area (Å²) in [5.74, 6) is -0.383. The van der Waals surface area contributed by atoms with Crippen LogP contribution in [0.15, 0.2) is 62.4 Å². The third kappa shape index (κ3) is 3.49. The van der Waals surface area contributed by atoms with Crippen molar-refractivity contribution >= 4 is 27.9 Å². The van der Waals surface area contributed by atoms with Gasteiger partial charge in [-0.15, -0.1) is 0 Å². The molecule has 5 nitrogen and oxygen atoms in total. The molecule has 136 valence electrons. The van der Waals surface area contributed by atoms with E-state index in [-0.39, 0.29) is 19.0 Å². The van der Waals surface area contributed by atoms with Crippen LogP contribution in [0, 0.1) is 13.8 Å². The first-order valence-corrected chi connectivity index (χ1v) is 8.65. The topological polar surface area (TPSA) is 69.7 Å². The zero-order valence-corrected chi connectivity index (χ0v) is 15.1. The molecule has 2 aromatic carbocycles. The molecule has 0 saturated carbocycles. The van der Waals surface area contributed by atoms with Gasteiger partial charge in [-0.3, -0.25) is 4.79 Å². The second kappa shape index (κ2) is 6.76. The lowest BCUT2D eigenvalue weighted by Gasteiger charge is -2.07. The van der Waals surface area contributed by atoms with Crippen molar-refractivity contribution in [2.75, 3.05) is 0 Å². The quantitative estimate of drug-likeness (QED) is 0.396. The zero-order chi connectivity index (χ0) is 19.0. The van der Waals surface area contributed by atoms with E-state index in [0.29, 0.717) is 11.1 Å². The highest BCUT2D eigenvalue weighted by atomic mass is 16.5. The highest BCUT2D eigenvalue weighted by Gasteiger charge is 2.13. The van der Waals surface area contributed by atoms with Gasteiger partial charge in [0.1, 0.15) is 17.8 Å². The van der Waals surface area contributed by atoms with E-state index in [1.165, 1.54) is 6.07 Å². The van der Waals surface area contributed by atoms with E-state index in [1.54, 1.807) is 12.3 Å². The van der Waals surface area contributed by atoms with Gasteiger partial charge in [0.05, 0.1) is 12.7 Å². The van der Waals surface area contributed by atoms with Crippen LogP contribution in [0.4, 0.5) is 0 Å². The lowest BCUT2D eigenvalue weighted by atomic mass is 10.1. The average Bonchev–Trinajstić information content (AvgIpc) is 3.01. The Kier molecular flexibility index (Phi) is 4.28. The SMILES string of the molecule is Cc1ccc2c(CC(=O)OCc3cc(=O)oc4cc(C)ccc34)coc2c1. The van der Waals surface area contributed by atoms with Crippen LogP contribution in [0.2, 0.25) is 0 Å². The number of rotatable bonds is 4. The third-order valence-electron chi connectivity index (χ3n) is 4.52. The summed E-state index contributed by atoms with van der Waals surface area (Å²) in [5, 5.41) is 1.66. The molecule has 0 radical (unpaired) electrons. The van der Waals surface area contributed by atoms with Crippen LogP contribution in [0.25, 0.3) is 21.9 Å². The van der Waals surface area contributed by atoms with Gasteiger partial charge < -0.3 is 13.6 Å². The molecular weight excluding hydrogens is 344 g/mol. The molecule has 0 aliphatic heterocycles. The van der Waals surface area contributed by atoms with Crippen LogP contribution in [0.1, 0.15) is 22.3 Å². The average molecular weight is 362 g/mol. The molecule has 0 aliphatic carbocycles. The number of fused-ring (bicyclic) bond motifs is 2. The molecule has 0 spiro atoms. The Labute approximate surface area is 155 Å². The van der Waals surface area contributed by atoms with Crippen LogP contribution in [-0.2, 0) is 22.6 Å². The molecule has 0 fully saturated rings. The smallest absolute Gasteiger partial charge is 0.336 e. The molecule has 4 aromatic rings. The lowest BCUT2D eigenvalue weighted by Crippen LogP contribution is -2.09. The van der Waals surface area contributed by atoms with Crippen molar-refractivity contribution in [1.82, 2.24) is 0 Å². The van der Waals surface area contributed by atoms with Gasteiger partial charge in [-0.2, -0.15) is 0 Å². The summed E-state index contributed by atoms with van der Waals surface area (Å²) in [7, 11) is 0. The Morgan fingerprint density at radius 3 is 2.33 bits per heavy atom. The summed E-state index contributed by atoms with van der Waals surface area (Å²) in [6.07, 6.45) is 1.69. The highest BCUT2D eigenvalue weighted by molar-refractivity contribution is 5.86. The van der Waals surface area contributed by atoms with Crippen LogP contribution in [0.5, 0.6) is 0 Å². The zero-order valence-electron chi connectivity index (χ0n) is 15.1. The lowest BCUT2D eigenvalue weighted by molar-refractivity contribution is -0.144. The summed E-state index contributed by atoms with van der Waals surface area (Å²) in [5.41, 5.74) is 4.27. The molecule has 0 N–H and O–H groups in total. The minimum atomic E-state index is -0.463. The van der Waals surface area contributed by atoms with E-state index in [9.17, 15) is 9.59 Å². The first-order valence-electron chi connectivity index (χ1n) is 8.65. The molecule has 27 heavy (non-hydrogen) atoms. The van der Waals surface area contributed by atoms with E-state index in [4.69, 9.17) is 13.6 Å². The molecule has 4 rings (SSSR count). The number of esters is 1. The summed E-state index contributed by atoms with van der Waals surface area (Å²) < 4.78 is 16.1. The van der Waals surface area contributed by atoms with Gasteiger partial charge in [0.2, 0.25) is 0 Å².